The van der Waals surface area contributed by atoms with Crippen molar-refractivity contribution in [3.8, 4) is 0 Å². The average molecular weight is 341 g/mol. The Morgan fingerprint density at radius 2 is 2.15 bits per heavy atom. The maximum absolute atomic E-state index is 12.0. The first-order chi connectivity index (χ1) is 9.66. The fourth-order valence-electron chi connectivity index (χ4n) is 2.23. The number of likely N-dealkylation sites (N-methyl/N-ethyl adjacent to an activating group) is 1. The summed E-state index contributed by atoms with van der Waals surface area (Å²) >= 11 is 3.29. The summed E-state index contributed by atoms with van der Waals surface area (Å²) in [6.07, 6.45) is 2.64. The van der Waals surface area contributed by atoms with Gasteiger partial charge in [0.15, 0.2) is 0 Å². The minimum absolute atomic E-state index is 0.0663. The number of nitrogens with one attached hydrogen (secondary N) is 1. The van der Waals surface area contributed by atoms with E-state index < -0.39 is 0 Å². The van der Waals surface area contributed by atoms with Crippen LogP contribution in [0.15, 0.2) is 22.9 Å². The molecule has 5 nitrogen and oxygen atoms in total. The second kappa shape index (κ2) is 7.71. The Morgan fingerprint density at radius 1 is 1.40 bits per heavy atom. The van der Waals surface area contributed by atoms with Crippen molar-refractivity contribution in [3.63, 3.8) is 0 Å². The molecule has 1 aromatic rings. The number of nitrogens with zero attached hydrogens (tertiary/aromatic N) is 3. The molecule has 2 heterocycles. The third-order valence-corrected chi connectivity index (χ3v) is 4.17. The summed E-state index contributed by atoms with van der Waals surface area (Å²) in [5.41, 5.74) is 0.590. The van der Waals surface area contributed by atoms with Crippen LogP contribution in [0.3, 0.4) is 0 Å². The maximum Gasteiger partial charge on any atom is 0.254 e. The SMILES string of the molecule is CN1CCN(CCCNC(=O)c2cccnc2Br)CC1. The minimum Gasteiger partial charge on any atom is -0.352 e. The van der Waals surface area contributed by atoms with E-state index in [1.165, 1.54) is 0 Å². The van der Waals surface area contributed by atoms with Crippen LogP contribution in [0.4, 0.5) is 0 Å². The fraction of sp³-hybridized carbons (Fsp3) is 0.571. The van der Waals surface area contributed by atoms with Crippen LogP contribution in [0.5, 0.6) is 0 Å². The van der Waals surface area contributed by atoms with Crippen LogP contribution in [0.1, 0.15) is 16.8 Å². The third-order valence-electron chi connectivity index (χ3n) is 3.54. The fourth-order valence-corrected chi connectivity index (χ4v) is 2.66. The van der Waals surface area contributed by atoms with E-state index in [0.717, 1.165) is 39.1 Å². The van der Waals surface area contributed by atoms with Gasteiger partial charge in [-0.05, 0) is 48.1 Å². The molecule has 0 saturated carbocycles. The number of hydrogen-bond acceptors (Lipinski definition) is 4. The van der Waals surface area contributed by atoms with Gasteiger partial charge < -0.3 is 15.1 Å². The summed E-state index contributed by atoms with van der Waals surface area (Å²) in [6, 6.07) is 3.54. The van der Waals surface area contributed by atoms with Crippen LogP contribution >= 0.6 is 15.9 Å². The zero-order chi connectivity index (χ0) is 14.4. The van der Waals surface area contributed by atoms with E-state index in [-0.39, 0.29) is 5.91 Å². The van der Waals surface area contributed by atoms with E-state index in [9.17, 15) is 4.79 Å². The molecule has 1 amide bonds. The van der Waals surface area contributed by atoms with Gasteiger partial charge >= 0.3 is 0 Å². The van der Waals surface area contributed by atoms with Crippen LogP contribution in [-0.4, -0.2) is 67.0 Å². The number of piperazine rings is 1. The van der Waals surface area contributed by atoms with E-state index in [1.54, 1.807) is 18.3 Å². The van der Waals surface area contributed by atoms with Gasteiger partial charge in [-0.2, -0.15) is 0 Å². The summed E-state index contributed by atoms with van der Waals surface area (Å²) in [4.78, 5) is 20.8. The molecule has 1 saturated heterocycles. The highest BCUT2D eigenvalue weighted by Crippen LogP contribution is 2.11. The number of carbonyl (C=O) groups excluding carboxylic acids is 1. The molecule has 0 bridgehead atoms. The van der Waals surface area contributed by atoms with Crippen LogP contribution < -0.4 is 5.32 Å². The second-order valence-corrected chi connectivity index (χ2v) is 5.85. The predicted molar refractivity (Wildman–Crippen MR) is 82.8 cm³/mol. The van der Waals surface area contributed by atoms with E-state index >= 15 is 0 Å². The Kier molecular flexibility index (Phi) is 5.94. The maximum atomic E-state index is 12.0. The first-order valence-electron chi connectivity index (χ1n) is 6.96. The van der Waals surface area contributed by atoms with Gasteiger partial charge in [0.1, 0.15) is 4.60 Å². The summed E-state index contributed by atoms with van der Waals surface area (Å²) in [6.45, 7) is 6.26. The van der Waals surface area contributed by atoms with Crippen molar-refractivity contribution in [2.24, 2.45) is 0 Å². The van der Waals surface area contributed by atoms with Crippen molar-refractivity contribution in [3.05, 3.63) is 28.5 Å². The van der Waals surface area contributed by atoms with Gasteiger partial charge in [0.25, 0.3) is 5.91 Å². The van der Waals surface area contributed by atoms with Gasteiger partial charge in [0, 0.05) is 38.9 Å². The quantitative estimate of drug-likeness (QED) is 0.646. The molecule has 1 fully saturated rings. The molecule has 20 heavy (non-hydrogen) atoms. The highest BCUT2D eigenvalue weighted by molar-refractivity contribution is 9.10. The zero-order valence-corrected chi connectivity index (χ0v) is 13.4. The van der Waals surface area contributed by atoms with Crippen LogP contribution in [-0.2, 0) is 0 Å². The molecule has 1 aliphatic rings. The molecule has 0 radical (unpaired) electrons. The smallest absolute Gasteiger partial charge is 0.254 e. The summed E-state index contributed by atoms with van der Waals surface area (Å²) in [5.74, 6) is -0.0663. The number of amides is 1. The zero-order valence-electron chi connectivity index (χ0n) is 11.8. The molecule has 0 atom stereocenters. The van der Waals surface area contributed by atoms with Crippen molar-refractivity contribution in [2.75, 3.05) is 46.3 Å². The molecule has 110 valence electrons. The largest absolute Gasteiger partial charge is 0.352 e. The summed E-state index contributed by atoms with van der Waals surface area (Å²) in [5, 5.41) is 2.94. The Morgan fingerprint density at radius 3 is 2.85 bits per heavy atom. The second-order valence-electron chi connectivity index (χ2n) is 5.10. The summed E-state index contributed by atoms with van der Waals surface area (Å²) < 4.78 is 0.594. The van der Waals surface area contributed by atoms with Crippen molar-refractivity contribution >= 4 is 21.8 Å². The van der Waals surface area contributed by atoms with Gasteiger partial charge in [-0.15, -0.1) is 0 Å². The van der Waals surface area contributed by atoms with Gasteiger partial charge in [0.2, 0.25) is 0 Å². The molecule has 1 aliphatic heterocycles. The molecule has 1 N–H and O–H groups in total. The molecule has 2 rings (SSSR count). The number of rotatable bonds is 5. The van der Waals surface area contributed by atoms with Crippen LogP contribution in [0.25, 0.3) is 0 Å². The van der Waals surface area contributed by atoms with E-state index in [2.05, 4.69) is 43.1 Å². The number of carbonyl (C=O) groups is 1. The van der Waals surface area contributed by atoms with Crippen molar-refractivity contribution in [1.29, 1.82) is 0 Å². The molecule has 6 heteroatoms. The van der Waals surface area contributed by atoms with E-state index in [0.29, 0.717) is 16.7 Å². The Hall–Kier alpha value is -0.980. The first kappa shape index (κ1) is 15.4. The Labute approximate surface area is 128 Å². The van der Waals surface area contributed by atoms with Gasteiger partial charge in [-0.1, -0.05) is 0 Å². The summed E-state index contributed by atoms with van der Waals surface area (Å²) in [7, 11) is 2.16. The number of pyridine rings is 1. The monoisotopic (exact) mass is 340 g/mol. The molecular weight excluding hydrogens is 320 g/mol. The molecule has 0 aliphatic carbocycles. The van der Waals surface area contributed by atoms with Crippen molar-refractivity contribution < 1.29 is 4.79 Å². The van der Waals surface area contributed by atoms with Gasteiger partial charge in [-0.3, -0.25) is 4.79 Å². The third kappa shape index (κ3) is 4.54. The van der Waals surface area contributed by atoms with Gasteiger partial charge in [-0.25, -0.2) is 4.98 Å². The molecule has 0 unspecified atom stereocenters. The minimum atomic E-state index is -0.0663. The van der Waals surface area contributed by atoms with Crippen molar-refractivity contribution in [1.82, 2.24) is 20.1 Å². The van der Waals surface area contributed by atoms with E-state index in [1.807, 2.05) is 0 Å². The van der Waals surface area contributed by atoms with Gasteiger partial charge in [0.05, 0.1) is 5.56 Å². The lowest BCUT2D eigenvalue weighted by Crippen LogP contribution is -2.45. The Bertz CT molecular complexity index is 447. The van der Waals surface area contributed by atoms with Crippen molar-refractivity contribution in [2.45, 2.75) is 6.42 Å². The molecular formula is C14H21BrN4O. The Balaban J connectivity index is 1.66. The first-order valence-corrected chi connectivity index (χ1v) is 7.76. The average Bonchev–Trinajstić information content (AvgIpc) is 2.46. The molecule has 0 spiro atoms. The topological polar surface area (TPSA) is 48.5 Å². The standard InChI is InChI=1S/C14H21BrN4O/c1-18-8-10-19(11-9-18)7-3-6-17-14(20)12-4-2-5-16-13(12)15/h2,4-5H,3,6-11H2,1H3,(H,17,20). The van der Waals surface area contributed by atoms with Crippen LogP contribution in [0, 0.1) is 0 Å². The normalized spacial score (nSPS) is 17.1. The van der Waals surface area contributed by atoms with Crippen LogP contribution in [0.2, 0.25) is 0 Å². The molecule has 0 aromatic carbocycles. The number of halogens is 1. The lowest BCUT2D eigenvalue weighted by atomic mass is 10.2. The molecule has 1 aromatic heterocycles. The lowest BCUT2D eigenvalue weighted by molar-refractivity contribution is 0.0948. The number of aromatic nitrogens is 1. The lowest BCUT2D eigenvalue weighted by Gasteiger charge is -2.32. The predicted octanol–water partition coefficient (Wildman–Crippen LogP) is 1.21. The number of hydrogen-bond donors (Lipinski definition) is 1. The van der Waals surface area contributed by atoms with E-state index in [4.69, 9.17) is 0 Å². The highest BCUT2D eigenvalue weighted by atomic mass is 79.9. The highest BCUT2D eigenvalue weighted by Gasteiger charge is 2.13.